The van der Waals surface area contributed by atoms with Gasteiger partial charge < -0.3 is 19.4 Å². The van der Waals surface area contributed by atoms with Gasteiger partial charge in [-0.25, -0.2) is 9.18 Å². The van der Waals surface area contributed by atoms with E-state index in [0.29, 0.717) is 25.4 Å². The molecule has 0 atom stereocenters. The van der Waals surface area contributed by atoms with Crippen molar-refractivity contribution >= 4 is 5.97 Å². The Morgan fingerprint density at radius 2 is 1.96 bits per heavy atom. The molecule has 134 valence electrons. The van der Waals surface area contributed by atoms with Gasteiger partial charge >= 0.3 is 5.97 Å². The Morgan fingerprint density at radius 1 is 1.24 bits per heavy atom. The zero-order valence-electron chi connectivity index (χ0n) is 13.7. The Labute approximate surface area is 144 Å². The molecule has 1 aromatic carbocycles. The average Bonchev–Trinajstić information content (AvgIpc) is 3.04. The number of aliphatic hydroxyl groups excluding tert-OH is 1. The van der Waals surface area contributed by atoms with Crippen LogP contribution in [-0.4, -0.2) is 39.8 Å². The number of carboxylic acids is 1. The first-order valence-corrected chi connectivity index (χ1v) is 8.09. The summed E-state index contributed by atoms with van der Waals surface area (Å²) in [6, 6.07) is 9.04. The van der Waals surface area contributed by atoms with E-state index in [1.165, 1.54) is 18.2 Å². The van der Waals surface area contributed by atoms with Crippen molar-refractivity contribution in [2.75, 3.05) is 13.1 Å². The molecule has 1 aliphatic rings. The molecule has 1 saturated heterocycles. The average molecular weight is 349 g/mol. The predicted octanol–water partition coefficient (Wildman–Crippen LogP) is 2.41. The van der Waals surface area contributed by atoms with Crippen molar-refractivity contribution in [3.8, 4) is 5.75 Å². The lowest BCUT2D eigenvalue weighted by molar-refractivity contribution is -0.160. The summed E-state index contributed by atoms with van der Waals surface area (Å²) >= 11 is 0. The van der Waals surface area contributed by atoms with Crippen LogP contribution in [-0.2, 0) is 17.9 Å². The molecule has 6 nitrogen and oxygen atoms in total. The van der Waals surface area contributed by atoms with E-state index in [4.69, 9.17) is 14.3 Å². The van der Waals surface area contributed by atoms with Gasteiger partial charge in [0.25, 0.3) is 0 Å². The predicted molar refractivity (Wildman–Crippen MR) is 86.5 cm³/mol. The fraction of sp³-hybridized carbons (Fsp3) is 0.389. The van der Waals surface area contributed by atoms with Gasteiger partial charge in [-0.15, -0.1) is 0 Å². The summed E-state index contributed by atoms with van der Waals surface area (Å²) in [5.41, 5.74) is -1.36. The summed E-state index contributed by atoms with van der Waals surface area (Å²) < 4.78 is 24.5. The third-order valence-electron chi connectivity index (χ3n) is 4.42. The molecular weight excluding hydrogens is 329 g/mol. The number of carboxylic acid groups (broad SMARTS) is 1. The largest absolute Gasteiger partial charge is 0.478 e. The number of halogens is 1. The summed E-state index contributed by atoms with van der Waals surface area (Å²) in [5.74, 6) is -0.0707. The highest BCUT2D eigenvalue weighted by Gasteiger charge is 2.44. The first-order chi connectivity index (χ1) is 12.0. The van der Waals surface area contributed by atoms with Crippen LogP contribution >= 0.6 is 0 Å². The number of nitrogens with zero attached hydrogens (tertiary/aromatic N) is 1. The van der Waals surface area contributed by atoms with Crippen LogP contribution in [0.15, 0.2) is 40.8 Å². The van der Waals surface area contributed by atoms with Gasteiger partial charge in [-0.3, -0.25) is 4.90 Å². The molecule has 0 bridgehead atoms. The zero-order chi connectivity index (χ0) is 17.9. The van der Waals surface area contributed by atoms with Gasteiger partial charge in [-0.2, -0.15) is 0 Å². The van der Waals surface area contributed by atoms with Gasteiger partial charge in [0.2, 0.25) is 5.60 Å². The van der Waals surface area contributed by atoms with Crippen molar-refractivity contribution in [1.29, 1.82) is 0 Å². The second kappa shape index (κ2) is 7.25. The molecule has 25 heavy (non-hydrogen) atoms. The minimum absolute atomic E-state index is 0.149. The minimum atomic E-state index is -1.36. The van der Waals surface area contributed by atoms with Gasteiger partial charge in [0, 0.05) is 32.0 Å². The number of ether oxygens (including phenoxy) is 1. The zero-order valence-corrected chi connectivity index (χ0v) is 13.7. The number of likely N-dealkylation sites (tertiary alicyclic amines) is 1. The van der Waals surface area contributed by atoms with Gasteiger partial charge in [-0.1, -0.05) is 6.07 Å². The number of rotatable bonds is 6. The number of carbonyl (C=O) groups is 1. The SMILES string of the molecule is O=C(O)C1(Oc2cccc(F)c2)CCN(Cc2ccc(CO)o2)CC1. The van der Waals surface area contributed by atoms with Gasteiger partial charge in [-0.05, 0) is 24.3 Å². The van der Waals surface area contributed by atoms with Crippen LogP contribution in [0, 0.1) is 5.82 Å². The van der Waals surface area contributed by atoms with E-state index in [9.17, 15) is 14.3 Å². The third kappa shape index (κ3) is 4.00. The Hall–Kier alpha value is -2.38. The first-order valence-electron chi connectivity index (χ1n) is 8.09. The van der Waals surface area contributed by atoms with Crippen molar-refractivity contribution in [3.63, 3.8) is 0 Å². The van der Waals surface area contributed by atoms with Crippen molar-refractivity contribution in [2.45, 2.75) is 31.6 Å². The molecule has 0 radical (unpaired) electrons. The van der Waals surface area contributed by atoms with Crippen LogP contribution in [0.25, 0.3) is 0 Å². The third-order valence-corrected chi connectivity index (χ3v) is 4.42. The van der Waals surface area contributed by atoms with Crippen molar-refractivity contribution in [3.05, 3.63) is 53.7 Å². The topological polar surface area (TPSA) is 83.1 Å². The van der Waals surface area contributed by atoms with Gasteiger partial charge in [0.15, 0.2) is 0 Å². The van der Waals surface area contributed by atoms with Gasteiger partial charge in [0.1, 0.15) is 29.7 Å². The minimum Gasteiger partial charge on any atom is -0.478 e. The second-order valence-electron chi connectivity index (χ2n) is 6.16. The molecule has 2 N–H and O–H groups in total. The molecule has 7 heteroatoms. The molecule has 1 aromatic heterocycles. The fourth-order valence-electron chi connectivity index (χ4n) is 3.00. The van der Waals surface area contributed by atoms with Crippen molar-refractivity contribution in [2.24, 2.45) is 0 Å². The maximum Gasteiger partial charge on any atom is 0.348 e. The van der Waals surface area contributed by atoms with E-state index in [1.807, 2.05) is 0 Å². The lowest BCUT2D eigenvalue weighted by Crippen LogP contribution is -2.53. The van der Waals surface area contributed by atoms with E-state index in [1.54, 1.807) is 18.2 Å². The molecule has 1 fully saturated rings. The lowest BCUT2D eigenvalue weighted by atomic mass is 9.91. The fourth-order valence-corrected chi connectivity index (χ4v) is 3.00. The number of benzene rings is 1. The first kappa shape index (κ1) is 17.4. The monoisotopic (exact) mass is 349 g/mol. The number of furan rings is 1. The van der Waals surface area contributed by atoms with E-state index in [-0.39, 0.29) is 25.2 Å². The van der Waals surface area contributed by atoms with Crippen LogP contribution in [0.3, 0.4) is 0 Å². The lowest BCUT2D eigenvalue weighted by Gasteiger charge is -2.38. The summed E-state index contributed by atoms with van der Waals surface area (Å²) in [4.78, 5) is 13.9. The Bertz CT molecular complexity index is 737. The Kier molecular flexibility index (Phi) is 5.06. The molecule has 0 spiro atoms. The van der Waals surface area contributed by atoms with E-state index >= 15 is 0 Å². The van der Waals surface area contributed by atoms with E-state index in [0.717, 1.165) is 5.76 Å². The van der Waals surface area contributed by atoms with Crippen LogP contribution in [0.2, 0.25) is 0 Å². The molecule has 0 amide bonds. The Morgan fingerprint density at radius 3 is 2.56 bits per heavy atom. The number of aliphatic hydroxyl groups is 1. The highest BCUT2D eigenvalue weighted by molar-refractivity contribution is 5.78. The Balaban J connectivity index is 1.65. The number of hydrogen-bond acceptors (Lipinski definition) is 5. The number of piperidine rings is 1. The molecule has 0 unspecified atom stereocenters. The van der Waals surface area contributed by atoms with Crippen LogP contribution in [0.5, 0.6) is 5.75 Å². The molecule has 3 rings (SSSR count). The number of aliphatic carboxylic acids is 1. The molecule has 0 saturated carbocycles. The highest BCUT2D eigenvalue weighted by Crippen LogP contribution is 2.30. The van der Waals surface area contributed by atoms with Gasteiger partial charge in [0.05, 0.1) is 6.54 Å². The summed E-state index contributed by atoms with van der Waals surface area (Å²) in [7, 11) is 0. The smallest absolute Gasteiger partial charge is 0.348 e. The highest BCUT2D eigenvalue weighted by atomic mass is 19.1. The van der Waals surface area contributed by atoms with Crippen molar-refractivity contribution in [1.82, 2.24) is 4.90 Å². The molecule has 1 aliphatic heterocycles. The van der Waals surface area contributed by atoms with Crippen LogP contribution < -0.4 is 4.74 Å². The molecule has 2 aromatic rings. The van der Waals surface area contributed by atoms with E-state index < -0.39 is 17.4 Å². The standard InChI is InChI=1S/C18H20FNO5/c19-13-2-1-3-14(10-13)25-18(17(22)23)6-8-20(9-7-18)11-15-4-5-16(12-21)24-15/h1-5,10,21H,6-9,11-12H2,(H,22,23). The quantitative estimate of drug-likeness (QED) is 0.833. The summed E-state index contributed by atoms with van der Waals surface area (Å²) in [6.45, 7) is 1.41. The second-order valence-corrected chi connectivity index (χ2v) is 6.16. The summed E-state index contributed by atoms with van der Waals surface area (Å²) in [6.07, 6.45) is 0.568. The molecule has 2 heterocycles. The van der Waals surface area contributed by atoms with Crippen LogP contribution in [0.1, 0.15) is 24.4 Å². The van der Waals surface area contributed by atoms with Crippen molar-refractivity contribution < 1.29 is 28.6 Å². The maximum atomic E-state index is 13.3. The molecular formula is C18H20FNO5. The van der Waals surface area contributed by atoms with E-state index in [2.05, 4.69) is 4.90 Å². The normalized spacial score (nSPS) is 17.4. The van der Waals surface area contributed by atoms with Crippen LogP contribution in [0.4, 0.5) is 4.39 Å². The maximum absolute atomic E-state index is 13.3. The summed E-state index contributed by atoms with van der Waals surface area (Å²) in [5, 5.41) is 18.7. The number of hydrogen-bond donors (Lipinski definition) is 2. The molecule has 0 aliphatic carbocycles.